The summed E-state index contributed by atoms with van der Waals surface area (Å²) in [5, 5.41) is 9.42. The number of aliphatic hydroxyl groups excluding tert-OH is 1. The van der Waals surface area contributed by atoms with E-state index in [1.54, 1.807) is 0 Å². The quantitative estimate of drug-likeness (QED) is 0.783. The molecule has 0 radical (unpaired) electrons. The topological polar surface area (TPSA) is 20.2 Å². The molecule has 12 heavy (non-hydrogen) atoms. The second-order valence-electron chi connectivity index (χ2n) is 2.34. The number of alkyl halides is 1. The van der Waals surface area contributed by atoms with Gasteiger partial charge in [0.25, 0.3) is 0 Å². The highest BCUT2D eigenvalue weighted by atomic mass is 79.9. The van der Waals surface area contributed by atoms with Crippen LogP contribution < -0.4 is 0 Å². The lowest BCUT2D eigenvalue weighted by Gasteiger charge is -2.07. The molecule has 0 bridgehead atoms. The predicted molar refractivity (Wildman–Crippen MR) is 45.1 cm³/mol. The molecule has 1 nitrogen and oxygen atoms in total. The van der Waals surface area contributed by atoms with Crippen LogP contribution in [0, 0.1) is 11.6 Å². The van der Waals surface area contributed by atoms with E-state index in [0.29, 0.717) is 0 Å². The van der Waals surface area contributed by atoms with Crippen LogP contribution in [0.1, 0.15) is 11.7 Å². The molecule has 1 N–H and O–H groups in total. The number of benzene rings is 1. The zero-order valence-corrected chi connectivity index (χ0v) is 7.68. The van der Waals surface area contributed by atoms with Crippen molar-refractivity contribution in [3.8, 4) is 0 Å². The fourth-order valence-electron chi connectivity index (χ4n) is 0.855. The lowest BCUT2D eigenvalue weighted by molar-refractivity contribution is 0.200. The van der Waals surface area contributed by atoms with Crippen molar-refractivity contribution in [2.45, 2.75) is 6.10 Å². The highest BCUT2D eigenvalue weighted by Gasteiger charge is 2.11. The first-order valence-corrected chi connectivity index (χ1v) is 4.46. The van der Waals surface area contributed by atoms with Gasteiger partial charge in [-0.2, -0.15) is 0 Å². The van der Waals surface area contributed by atoms with Crippen molar-refractivity contribution < 1.29 is 13.9 Å². The summed E-state index contributed by atoms with van der Waals surface area (Å²) >= 11 is 2.99. The normalized spacial score (nSPS) is 13.0. The highest BCUT2D eigenvalue weighted by Crippen LogP contribution is 2.19. The van der Waals surface area contributed by atoms with Gasteiger partial charge in [0.2, 0.25) is 0 Å². The highest BCUT2D eigenvalue weighted by molar-refractivity contribution is 9.09. The number of hydrogen-bond donors (Lipinski definition) is 1. The Morgan fingerprint density at radius 3 is 2.58 bits per heavy atom. The summed E-state index contributed by atoms with van der Waals surface area (Å²) in [6.07, 6.45) is -0.925. The summed E-state index contributed by atoms with van der Waals surface area (Å²) in [5.74, 6) is -1.36. The van der Waals surface area contributed by atoms with E-state index in [2.05, 4.69) is 15.9 Å². The van der Waals surface area contributed by atoms with E-state index in [1.165, 1.54) is 6.07 Å². The molecule has 1 rings (SSSR count). The molecule has 4 heteroatoms. The minimum absolute atomic E-state index is 0.105. The molecule has 0 aliphatic rings. The van der Waals surface area contributed by atoms with Crippen LogP contribution in [0.25, 0.3) is 0 Å². The third-order valence-corrected chi connectivity index (χ3v) is 2.08. The SMILES string of the molecule is OC(CBr)c1ccc(F)cc1F. The van der Waals surface area contributed by atoms with Gasteiger partial charge in [-0.1, -0.05) is 22.0 Å². The molecule has 0 aliphatic heterocycles. The van der Waals surface area contributed by atoms with Crippen LogP contribution in [0.2, 0.25) is 0 Å². The first kappa shape index (κ1) is 9.61. The van der Waals surface area contributed by atoms with E-state index in [0.717, 1.165) is 12.1 Å². The maximum Gasteiger partial charge on any atom is 0.131 e. The Kier molecular flexibility index (Phi) is 3.17. The molecule has 0 aliphatic carbocycles. The van der Waals surface area contributed by atoms with Gasteiger partial charge in [0.1, 0.15) is 11.6 Å². The lowest BCUT2D eigenvalue weighted by atomic mass is 10.1. The number of hydrogen-bond acceptors (Lipinski definition) is 1. The second kappa shape index (κ2) is 3.96. The summed E-state index contributed by atoms with van der Waals surface area (Å²) < 4.78 is 25.2. The van der Waals surface area contributed by atoms with Gasteiger partial charge in [-0.05, 0) is 6.07 Å². The van der Waals surface area contributed by atoms with Crippen molar-refractivity contribution in [2.24, 2.45) is 0 Å². The molecule has 0 heterocycles. The maximum absolute atomic E-state index is 12.9. The fourth-order valence-corrected chi connectivity index (χ4v) is 1.20. The lowest BCUT2D eigenvalue weighted by Crippen LogP contribution is -2.01. The molecule has 0 saturated heterocycles. The Labute approximate surface area is 77.2 Å². The van der Waals surface area contributed by atoms with Gasteiger partial charge in [0.15, 0.2) is 0 Å². The smallest absolute Gasteiger partial charge is 0.131 e. The zero-order chi connectivity index (χ0) is 9.14. The summed E-state index contributed by atoms with van der Waals surface area (Å²) in [5.41, 5.74) is 0.105. The minimum atomic E-state index is -0.925. The first-order valence-electron chi connectivity index (χ1n) is 3.34. The zero-order valence-electron chi connectivity index (χ0n) is 6.10. The Balaban J connectivity index is 3.01. The monoisotopic (exact) mass is 236 g/mol. The molecule has 0 aromatic heterocycles. The van der Waals surface area contributed by atoms with Gasteiger partial charge >= 0.3 is 0 Å². The first-order chi connectivity index (χ1) is 5.65. The van der Waals surface area contributed by atoms with Gasteiger partial charge in [-0.25, -0.2) is 8.78 Å². The van der Waals surface area contributed by atoms with E-state index in [9.17, 15) is 13.9 Å². The molecule has 1 aromatic rings. The van der Waals surface area contributed by atoms with Gasteiger partial charge in [0.05, 0.1) is 6.10 Å². The Morgan fingerprint density at radius 2 is 2.08 bits per heavy atom. The van der Waals surface area contributed by atoms with E-state index in [1.807, 2.05) is 0 Å². The van der Waals surface area contributed by atoms with Crippen molar-refractivity contribution >= 4 is 15.9 Å². The van der Waals surface area contributed by atoms with Crippen molar-refractivity contribution in [3.05, 3.63) is 35.4 Å². The van der Waals surface area contributed by atoms with E-state index >= 15 is 0 Å². The predicted octanol–water partition coefficient (Wildman–Crippen LogP) is 2.39. The van der Waals surface area contributed by atoms with Crippen LogP contribution in [0.5, 0.6) is 0 Å². The molecule has 0 fully saturated rings. The molecule has 66 valence electrons. The van der Waals surface area contributed by atoms with Crippen molar-refractivity contribution in [2.75, 3.05) is 5.33 Å². The van der Waals surface area contributed by atoms with E-state index < -0.39 is 17.7 Å². The average molecular weight is 237 g/mol. The molecule has 0 spiro atoms. The molecule has 1 unspecified atom stereocenters. The maximum atomic E-state index is 12.9. The van der Waals surface area contributed by atoms with Crippen LogP contribution >= 0.6 is 15.9 Å². The van der Waals surface area contributed by atoms with E-state index in [-0.39, 0.29) is 10.9 Å². The number of rotatable bonds is 2. The van der Waals surface area contributed by atoms with Crippen LogP contribution in [0.3, 0.4) is 0 Å². The molecular formula is C8H7BrF2O. The van der Waals surface area contributed by atoms with Gasteiger partial charge < -0.3 is 5.11 Å². The van der Waals surface area contributed by atoms with Crippen molar-refractivity contribution in [1.29, 1.82) is 0 Å². The number of halogens is 3. The summed E-state index contributed by atoms with van der Waals surface area (Å²) in [4.78, 5) is 0. The minimum Gasteiger partial charge on any atom is -0.387 e. The van der Waals surface area contributed by atoms with Crippen LogP contribution in [-0.4, -0.2) is 10.4 Å². The number of aliphatic hydroxyl groups is 1. The molecule has 0 amide bonds. The summed E-state index contributed by atoms with van der Waals surface area (Å²) in [6, 6.07) is 3.10. The molecular weight excluding hydrogens is 230 g/mol. The van der Waals surface area contributed by atoms with Gasteiger partial charge in [0, 0.05) is 17.0 Å². The largest absolute Gasteiger partial charge is 0.387 e. The summed E-state index contributed by atoms with van der Waals surface area (Å²) in [7, 11) is 0. The third kappa shape index (κ3) is 2.01. The second-order valence-corrected chi connectivity index (χ2v) is 2.98. The molecule has 1 atom stereocenters. The Bertz CT molecular complexity index is 278. The third-order valence-electron chi connectivity index (χ3n) is 1.47. The van der Waals surface area contributed by atoms with Crippen molar-refractivity contribution in [3.63, 3.8) is 0 Å². The average Bonchev–Trinajstić information content (AvgIpc) is 2.03. The van der Waals surface area contributed by atoms with E-state index in [4.69, 9.17) is 0 Å². The standard InChI is InChI=1S/C8H7BrF2O/c9-4-8(12)6-2-1-5(10)3-7(6)11/h1-3,8,12H,4H2. The fraction of sp³-hybridized carbons (Fsp3) is 0.250. The molecule has 1 aromatic carbocycles. The molecule has 0 saturated carbocycles. The van der Waals surface area contributed by atoms with Crippen LogP contribution in [0.4, 0.5) is 8.78 Å². The Hall–Kier alpha value is -0.480. The van der Waals surface area contributed by atoms with Crippen LogP contribution in [0.15, 0.2) is 18.2 Å². The van der Waals surface area contributed by atoms with Gasteiger partial charge in [-0.3, -0.25) is 0 Å². The van der Waals surface area contributed by atoms with Crippen molar-refractivity contribution in [1.82, 2.24) is 0 Å². The van der Waals surface area contributed by atoms with Gasteiger partial charge in [-0.15, -0.1) is 0 Å². The summed E-state index contributed by atoms with van der Waals surface area (Å²) in [6.45, 7) is 0. The Morgan fingerprint density at radius 1 is 1.42 bits per heavy atom. The van der Waals surface area contributed by atoms with Crippen LogP contribution in [-0.2, 0) is 0 Å².